The lowest BCUT2D eigenvalue weighted by molar-refractivity contribution is -0.214. The smallest absolute Gasteiger partial charge is 0.393 e. The molecule has 0 aromatic carbocycles. The minimum absolute atomic E-state index is 0.0394. The Labute approximate surface area is 82.1 Å². The first-order chi connectivity index (χ1) is 6.38. The third kappa shape index (κ3) is 6.21. The number of halogens is 3. The summed E-state index contributed by atoms with van der Waals surface area (Å²) in [6.45, 7) is 2.85. The monoisotopic (exact) mass is 214 g/mol. The maximum Gasteiger partial charge on any atom is 0.414 e. The molecular weight excluding hydrogens is 197 g/mol. The SMILES string of the molecule is CCC(O)CCCOC(C)C(F)(F)F. The molecule has 0 aliphatic heterocycles. The van der Waals surface area contributed by atoms with Gasteiger partial charge in [-0.25, -0.2) is 0 Å². The van der Waals surface area contributed by atoms with E-state index in [-0.39, 0.29) is 6.61 Å². The van der Waals surface area contributed by atoms with Crippen LogP contribution in [-0.2, 0) is 4.74 Å². The number of aliphatic hydroxyl groups is 1. The van der Waals surface area contributed by atoms with Crippen LogP contribution in [0.5, 0.6) is 0 Å². The van der Waals surface area contributed by atoms with E-state index in [9.17, 15) is 13.2 Å². The third-order valence-corrected chi connectivity index (χ3v) is 1.98. The van der Waals surface area contributed by atoms with E-state index in [1.807, 2.05) is 6.92 Å². The van der Waals surface area contributed by atoms with Crippen LogP contribution in [0.25, 0.3) is 0 Å². The van der Waals surface area contributed by atoms with Crippen LogP contribution in [0, 0.1) is 0 Å². The Morgan fingerprint density at radius 2 is 1.93 bits per heavy atom. The van der Waals surface area contributed by atoms with Gasteiger partial charge in [0.15, 0.2) is 6.10 Å². The number of ether oxygens (including phenoxy) is 1. The second-order valence-corrected chi connectivity index (χ2v) is 3.26. The average Bonchev–Trinajstić information content (AvgIpc) is 2.09. The lowest BCUT2D eigenvalue weighted by Crippen LogP contribution is -2.28. The van der Waals surface area contributed by atoms with E-state index in [1.54, 1.807) is 0 Å². The van der Waals surface area contributed by atoms with Crippen molar-refractivity contribution in [2.75, 3.05) is 6.61 Å². The molecule has 1 N–H and O–H groups in total. The van der Waals surface area contributed by atoms with E-state index in [1.165, 1.54) is 0 Å². The van der Waals surface area contributed by atoms with Gasteiger partial charge in [-0.15, -0.1) is 0 Å². The van der Waals surface area contributed by atoms with Gasteiger partial charge in [-0.3, -0.25) is 0 Å². The molecule has 0 heterocycles. The van der Waals surface area contributed by atoms with Crippen molar-refractivity contribution in [3.63, 3.8) is 0 Å². The van der Waals surface area contributed by atoms with Crippen LogP contribution < -0.4 is 0 Å². The Balaban J connectivity index is 3.46. The number of alkyl halides is 3. The summed E-state index contributed by atoms with van der Waals surface area (Å²) < 4.78 is 40.3. The molecule has 0 saturated carbocycles. The first kappa shape index (κ1) is 13.7. The highest BCUT2D eigenvalue weighted by Crippen LogP contribution is 2.22. The predicted octanol–water partition coefficient (Wildman–Crippen LogP) is 2.50. The van der Waals surface area contributed by atoms with Gasteiger partial charge in [-0.05, 0) is 26.2 Å². The molecule has 2 unspecified atom stereocenters. The van der Waals surface area contributed by atoms with Gasteiger partial charge in [0, 0.05) is 6.61 Å². The van der Waals surface area contributed by atoms with E-state index >= 15 is 0 Å². The Kier molecular flexibility index (Phi) is 6.11. The fourth-order valence-corrected chi connectivity index (χ4v) is 0.878. The van der Waals surface area contributed by atoms with Gasteiger partial charge in [0.1, 0.15) is 0 Å². The minimum Gasteiger partial charge on any atom is -0.393 e. The standard InChI is InChI=1S/C9H17F3O2/c1-3-8(13)5-4-6-14-7(2)9(10,11)12/h7-8,13H,3-6H2,1-2H3. The maximum atomic E-state index is 11.9. The Morgan fingerprint density at radius 3 is 2.36 bits per heavy atom. The average molecular weight is 214 g/mol. The zero-order valence-electron chi connectivity index (χ0n) is 8.47. The molecule has 86 valence electrons. The lowest BCUT2D eigenvalue weighted by Gasteiger charge is -2.16. The van der Waals surface area contributed by atoms with Crippen molar-refractivity contribution in [2.45, 2.75) is 51.5 Å². The van der Waals surface area contributed by atoms with Crippen molar-refractivity contribution in [1.82, 2.24) is 0 Å². The predicted molar refractivity (Wildman–Crippen MR) is 47.0 cm³/mol. The number of hydrogen-bond acceptors (Lipinski definition) is 2. The van der Waals surface area contributed by atoms with Crippen LogP contribution in [0.1, 0.15) is 33.1 Å². The fraction of sp³-hybridized carbons (Fsp3) is 1.00. The molecule has 0 aromatic heterocycles. The van der Waals surface area contributed by atoms with Crippen LogP contribution in [0.2, 0.25) is 0 Å². The van der Waals surface area contributed by atoms with Crippen LogP contribution >= 0.6 is 0 Å². The second kappa shape index (κ2) is 6.24. The molecule has 2 nitrogen and oxygen atoms in total. The second-order valence-electron chi connectivity index (χ2n) is 3.26. The molecule has 0 radical (unpaired) electrons. The van der Waals surface area contributed by atoms with Gasteiger partial charge in [-0.1, -0.05) is 6.92 Å². The molecule has 0 aliphatic carbocycles. The summed E-state index contributed by atoms with van der Waals surface area (Å²) in [5.74, 6) is 0. The van der Waals surface area contributed by atoms with Crippen molar-refractivity contribution < 1.29 is 23.0 Å². The number of rotatable bonds is 6. The largest absolute Gasteiger partial charge is 0.414 e. The third-order valence-electron chi connectivity index (χ3n) is 1.98. The maximum absolute atomic E-state index is 11.9. The lowest BCUT2D eigenvalue weighted by atomic mass is 10.1. The molecule has 0 spiro atoms. The fourth-order valence-electron chi connectivity index (χ4n) is 0.878. The molecule has 0 bridgehead atoms. The Bertz CT molecular complexity index is 147. The minimum atomic E-state index is -4.29. The zero-order valence-corrected chi connectivity index (χ0v) is 8.47. The summed E-state index contributed by atoms with van der Waals surface area (Å²) in [5, 5.41) is 9.11. The molecule has 0 rings (SSSR count). The number of aliphatic hydroxyl groups excluding tert-OH is 1. The molecule has 0 aliphatic rings. The van der Waals surface area contributed by atoms with Gasteiger partial charge in [0.05, 0.1) is 6.10 Å². The highest BCUT2D eigenvalue weighted by atomic mass is 19.4. The summed E-state index contributed by atoms with van der Waals surface area (Å²) in [4.78, 5) is 0. The van der Waals surface area contributed by atoms with Gasteiger partial charge in [-0.2, -0.15) is 13.2 Å². The first-order valence-corrected chi connectivity index (χ1v) is 4.74. The number of hydrogen-bond donors (Lipinski definition) is 1. The molecule has 2 atom stereocenters. The first-order valence-electron chi connectivity index (χ1n) is 4.74. The summed E-state index contributed by atoms with van der Waals surface area (Å²) >= 11 is 0. The zero-order chi connectivity index (χ0) is 11.2. The quantitative estimate of drug-likeness (QED) is 0.688. The van der Waals surface area contributed by atoms with Crippen LogP contribution in [0.3, 0.4) is 0 Å². The van der Waals surface area contributed by atoms with Crippen LogP contribution in [0.4, 0.5) is 13.2 Å². The van der Waals surface area contributed by atoms with Crippen molar-refractivity contribution >= 4 is 0 Å². The van der Waals surface area contributed by atoms with E-state index in [4.69, 9.17) is 5.11 Å². The summed E-state index contributed by atoms with van der Waals surface area (Å²) in [7, 11) is 0. The van der Waals surface area contributed by atoms with Crippen molar-refractivity contribution in [2.24, 2.45) is 0 Å². The highest BCUT2D eigenvalue weighted by molar-refractivity contribution is 4.61. The molecule has 14 heavy (non-hydrogen) atoms. The van der Waals surface area contributed by atoms with Crippen molar-refractivity contribution in [1.29, 1.82) is 0 Å². The molecule has 0 amide bonds. The molecule has 5 heteroatoms. The topological polar surface area (TPSA) is 29.5 Å². The van der Waals surface area contributed by atoms with Crippen LogP contribution in [-0.4, -0.2) is 30.1 Å². The summed E-state index contributed by atoms with van der Waals surface area (Å²) in [6.07, 6.45) is -4.88. The van der Waals surface area contributed by atoms with Gasteiger partial charge in [0.25, 0.3) is 0 Å². The van der Waals surface area contributed by atoms with Gasteiger partial charge in [0.2, 0.25) is 0 Å². The van der Waals surface area contributed by atoms with E-state index in [0.717, 1.165) is 6.92 Å². The molecular formula is C9H17F3O2. The van der Waals surface area contributed by atoms with E-state index in [0.29, 0.717) is 19.3 Å². The normalized spacial score (nSPS) is 16.7. The molecule has 0 saturated heterocycles. The van der Waals surface area contributed by atoms with Crippen molar-refractivity contribution in [3.05, 3.63) is 0 Å². The molecule has 0 fully saturated rings. The Hall–Kier alpha value is -0.290. The molecule has 0 aromatic rings. The summed E-state index contributed by atoms with van der Waals surface area (Å²) in [6, 6.07) is 0. The Morgan fingerprint density at radius 1 is 1.36 bits per heavy atom. The van der Waals surface area contributed by atoms with Crippen molar-refractivity contribution in [3.8, 4) is 0 Å². The van der Waals surface area contributed by atoms with Gasteiger partial charge >= 0.3 is 6.18 Å². The van der Waals surface area contributed by atoms with Crippen LogP contribution in [0.15, 0.2) is 0 Å². The highest BCUT2D eigenvalue weighted by Gasteiger charge is 2.36. The van der Waals surface area contributed by atoms with E-state index in [2.05, 4.69) is 4.74 Å². The van der Waals surface area contributed by atoms with Gasteiger partial charge < -0.3 is 9.84 Å². The summed E-state index contributed by atoms with van der Waals surface area (Å²) in [5.41, 5.74) is 0. The van der Waals surface area contributed by atoms with E-state index < -0.39 is 18.4 Å².